The van der Waals surface area contributed by atoms with Gasteiger partial charge in [0.25, 0.3) is 17.7 Å². The summed E-state index contributed by atoms with van der Waals surface area (Å²) in [4.78, 5) is 66.6. The van der Waals surface area contributed by atoms with Gasteiger partial charge >= 0.3 is 5.97 Å². The minimum Gasteiger partial charge on any atom is -0.422 e. The Morgan fingerprint density at radius 1 is 0.900 bits per heavy atom. The maximum Gasteiger partial charge on any atom is 0.353 e. The number of amides is 3. The summed E-state index contributed by atoms with van der Waals surface area (Å²) < 4.78 is 5.34. The molecule has 1 aromatic heterocycles. The van der Waals surface area contributed by atoms with Crippen LogP contribution in [0.15, 0.2) is 66.0 Å². The number of carbonyl (C=O) groups excluding carboxylic acids is 5. The van der Waals surface area contributed by atoms with Gasteiger partial charge in [0.15, 0.2) is 5.78 Å². The molecule has 0 N–H and O–H groups in total. The summed E-state index contributed by atoms with van der Waals surface area (Å²) in [5.74, 6) is -3.68. The van der Waals surface area contributed by atoms with Crippen LogP contribution in [0.1, 0.15) is 43.2 Å². The Bertz CT molecular complexity index is 1440. The Balaban J connectivity index is 1.39. The summed E-state index contributed by atoms with van der Waals surface area (Å²) in [7, 11) is 0. The van der Waals surface area contributed by atoms with Crippen molar-refractivity contribution in [1.29, 1.82) is 0 Å². The molecule has 3 amide bonds. The predicted octanol–water partition coefficient (Wildman–Crippen LogP) is 5.78. The van der Waals surface area contributed by atoms with Crippen LogP contribution in [0.25, 0.3) is 0 Å². The van der Waals surface area contributed by atoms with Crippen molar-refractivity contribution >= 4 is 84.3 Å². The van der Waals surface area contributed by atoms with Crippen LogP contribution in [0.2, 0.25) is 5.02 Å². The summed E-state index contributed by atoms with van der Waals surface area (Å²) in [5, 5.41) is 3.93. The molecule has 1 saturated heterocycles. The van der Waals surface area contributed by atoms with Crippen LogP contribution in [0, 0.1) is 11.8 Å². The van der Waals surface area contributed by atoms with E-state index >= 15 is 0 Å². The third-order valence-electron chi connectivity index (χ3n) is 6.86. The zero-order valence-electron chi connectivity index (χ0n) is 20.7. The van der Waals surface area contributed by atoms with Crippen molar-refractivity contribution in [3.63, 3.8) is 0 Å². The lowest BCUT2D eigenvalue weighted by molar-refractivity contribution is -0.154. The largest absolute Gasteiger partial charge is 0.422 e. The van der Waals surface area contributed by atoms with Gasteiger partial charge in [0.1, 0.15) is 17.2 Å². The van der Waals surface area contributed by atoms with Gasteiger partial charge in [-0.15, -0.1) is 11.3 Å². The van der Waals surface area contributed by atoms with Gasteiger partial charge in [-0.25, -0.2) is 9.80 Å². The molecule has 4 atom stereocenters. The zero-order valence-corrected chi connectivity index (χ0v) is 25.4. The smallest absolute Gasteiger partial charge is 0.353 e. The Kier molecular flexibility index (Phi) is 8.55. The van der Waals surface area contributed by atoms with Crippen LogP contribution >= 0.6 is 54.8 Å². The van der Waals surface area contributed by atoms with E-state index in [2.05, 4.69) is 31.9 Å². The highest BCUT2D eigenvalue weighted by Gasteiger charge is 2.54. The average Bonchev–Trinajstić information content (AvgIpc) is 3.56. The van der Waals surface area contributed by atoms with Crippen LogP contribution in [0.4, 0.5) is 0 Å². The fourth-order valence-corrected chi connectivity index (χ4v) is 6.74. The molecule has 206 valence electrons. The van der Waals surface area contributed by atoms with Crippen LogP contribution in [0.5, 0.6) is 5.75 Å². The molecule has 12 heteroatoms. The highest BCUT2D eigenvalue weighted by Crippen LogP contribution is 2.43. The molecule has 8 nitrogen and oxygen atoms in total. The predicted molar refractivity (Wildman–Crippen MR) is 156 cm³/mol. The van der Waals surface area contributed by atoms with Gasteiger partial charge < -0.3 is 4.74 Å². The van der Waals surface area contributed by atoms with E-state index in [0.29, 0.717) is 22.7 Å². The number of imide groups is 1. The fraction of sp³-hybridized carbons (Fsp3) is 0.250. The summed E-state index contributed by atoms with van der Waals surface area (Å²) in [6.07, 6.45) is 0.842. The number of alkyl halides is 2. The molecule has 2 fully saturated rings. The van der Waals surface area contributed by atoms with Gasteiger partial charge in [-0.1, -0.05) is 49.5 Å². The molecule has 40 heavy (non-hydrogen) atoms. The third kappa shape index (κ3) is 5.79. The molecule has 1 aliphatic heterocycles. The van der Waals surface area contributed by atoms with E-state index in [1.54, 1.807) is 17.5 Å². The minimum atomic E-state index is -0.683. The van der Waals surface area contributed by atoms with E-state index in [4.69, 9.17) is 16.3 Å². The number of Topliss-reactive ketones (excluding diaryl/α,β-unsaturated/α-hetero) is 1. The summed E-state index contributed by atoms with van der Waals surface area (Å²) >= 11 is 14.4. The highest BCUT2D eigenvalue weighted by molar-refractivity contribution is 9.12. The van der Waals surface area contributed by atoms with Crippen molar-refractivity contribution < 1.29 is 28.7 Å². The van der Waals surface area contributed by atoms with E-state index in [1.165, 1.54) is 59.9 Å². The number of fused-ring (bicyclic) bond motifs is 1. The van der Waals surface area contributed by atoms with Crippen LogP contribution in [-0.4, -0.2) is 55.7 Å². The second-order valence-corrected chi connectivity index (χ2v) is 13.1. The normalized spacial score (nSPS) is 22.1. The van der Waals surface area contributed by atoms with Gasteiger partial charge in [0.05, 0.1) is 11.8 Å². The Hall–Kier alpha value is -2.86. The first kappa shape index (κ1) is 28.7. The van der Waals surface area contributed by atoms with Crippen molar-refractivity contribution in [2.75, 3.05) is 6.54 Å². The highest BCUT2D eigenvalue weighted by atomic mass is 79.9. The number of rotatable bonds is 7. The first-order chi connectivity index (χ1) is 19.1. The number of thiophene rings is 1. The number of hydrogen-bond acceptors (Lipinski definition) is 7. The number of hydrogen-bond donors (Lipinski definition) is 0. The molecule has 1 saturated carbocycles. The molecule has 0 spiro atoms. The Labute approximate surface area is 255 Å². The van der Waals surface area contributed by atoms with Crippen molar-refractivity contribution in [2.24, 2.45) is 11.8 Å². The number of benzene rings is 2. The van der Waals surface area contributed by atoms with Crippen molar-refractivity contribution in [3.05, 3.63) is 87.1 Å². The maximum atomic E-state index is 13.6. The van der Waals surface area contributed by atoms with Crippen molar-refractivity contribution in [1.82, 2.24) is 10.0 Å². The van der Waals surface area contributed by atoms with Gasteiger partial charge in [-0.3, -0.25) is 19.2 Å². The number of carbonyl (C=O) groups is 5. The van der Waals surface area contributed by atoms with E-state index in [0.717, 1.165) is 10.0 Å². The standard InChI is InChI=1S/C28H21Br2ClN2O6S/c29-21-12-19-20(13-22(21)30)27(37)33(26(19)36)32(25(35)16-3-7-17(31)8-4-16)14-23(34)15-5-9-18(10-6-15)39-28(38)24-2-1-11-40-24/h1-11,19-22H,12-14H2/t19-,20-,21-,22+/m1/s1. The number of ether oxygens (including phenoxy) is 1. The van der Waals surface area contributed by atoms with Crippen molar-refractivity contribution in [3.8, 4) is 5.75 Å². The average molecular weight is 709 g/mol. The van der Waals surface area contributed by atoms with Crippen LogP contribution < -0.4 is 4.74 Å². The third-order valence-corrected chi connectivity index (χ3v) is 10.7. The monoisotopic (exact) mass is 706 g/mol. The topological polar surface area (TPSA) is 101 Å². The first-order valence-electron chi connectivity index (χ1n) is 12.3. The molecule has 2 aliphatic rings. The number of hydrazine groups is 1. The molecule has 0 radical (unpaired) electrons. The SMILES string of the molecule is O=C(CN(C(=O)c1ccc(Cl)cc1)N1C(=O)[C@@H]2C[C@@H](Br)[C@@H](Br)C[C@H]2C1=O)c1ccc(OC(=O)c2cccs2)cc1. The van der Waals surface area contributed by atoms with E-state index in [1.807, 2.05) is 0 Å². The fourth-order valence-electron chi connectivity index (χ4n) is 4.78. The van der Waals surface area contributed by atoms with Gasteiger partial charge in [0, 0.05) is 25.8 Å². The van der Waals surface area contributed by atoms with Crippen LogP contribution in [-0.2, 0) is 9.59 Å². The lowest BCUT2D eigenvalue weighted by atomic mass is 9.81. The number of halogens is 3. The second kappa shape index (κ2) is 11.9. The van der Waals surface area contributed by atoms with Crippen LogP contribution in [0.3, 0.4) is 0 Å². The van der Waals surface area contributed by atoms with E-state index in [9.17, 15) is 24.0 Å². The molecule has 5 rings (SSSR count). The van der Waals surface area contributed by atoms with E-state index < -0.39 is 47.9 Å². The lowest BCUT2D eigenvalue weighted by Crippen LogP contribution is -2.52. The Morgan fingerprint density at radius 2 is 1.48 bits per heavy atom. The minimum absolute atomic E-state index is 0.0140. The number of nitrogens with zero attached hydrogens (tertiary/aromatic N) is 2. The molecule has 2 heterocycles. The molecule has 0 bridgehead atoms. The summed E-state index contributed by atoms with van der Waals surface area (Å²) in [6, 6.07) is 15.2. The molecule has 2 aromatic carbocycles. The molecule has 1 aliphatic carbocycles. The first-order valence-corrected chi connectivity index (χ1v) is 15.3. The molecular weight excluding hydrogens is 688 g/mol. The number of esters is 1. The van der Waals surface area contributed by atoms with Gasteiger partial charge in [-0.2, -0.15) is 5.01 Å². The summed E-state index contributed by atoms with van der Waals surface area (Å²) in [6.45, 7) is -0.553. The van der Waals surface area contributed by atoms with E-state index in [-0.39, 0.29) is 26.5 Å². The molecule has 3 aromatic rings. The van der Waals surface area contributed by atoms with Gasteiger partial charge in [0.2, 0.25) is 0 Å². The number of ketones is 1. The zero-order chi connectivity index (χ0) is 28.6. The quantitative estimate of drug-likeness (QED) is 0.101. The molecular formula is C28H21Br2ClN2O6S. The maximum absolute atomic E-state index is 13.6. The summed E-state index contributed by atoms with van der Waals surface area (Å²) in [5.41, 5.74) is 0.377. The van der Waals surface area contributed by atoms with Crippen molar-refractivity contribution in [2.45, 2.75) is 22.5 Å². The lowest BCUT2D eigenvalue weighted by Gasteiger charge is -2.30. The second-order valence-electron chi connectivity index (χ2n) is 9.39. The van der Waals surface area contributed by atoms with Gasteiger partial charge in [-0.05, 0) is 72.8 Å². The Morgan fingerprint density at radius 3 is 2.02 bits per heavy atom. The molecule has 0 unspecified atom stereocenters.